The predicted molar refractivity (Wildman–Crippen MR) is 128 cm³/mol. The molecule has 0 heterocycles. The van der Waals surface area contributed by atoms with Gasteiger partial charge in [0.2, 0.25) is 0 Å². The zero-order valence-electron chi connectivity index (χ0n) is 21.0. The molecule has 0 spiro atoms. The van der Waals surface area contributed by atoms with Gasteiger partial charge in [-0.05, 0) is 80.4 Å². The first kappa shape index (κ1) is 27.6. The second kappa shape index (κ2) is 12.0. The summed E-state index contributed by atoms with van der Waals surface area (Å²) in [6, 6.07) is 5.78. The molecule has 0 atom stereocenters. The molecular formula is C29H33F6O2. The van der Waals surface area contributed by atoms with Gasteiger partial charge in [-0.1, -0.05) is 39.0 Å². The van der Waals surface area contributed by atoms with E-state index in [1.54, 1.807) is 0 Å². The van der Waals surface area contributed by atoms with Crippen molar-refractivity contribution in [1.29, 1.82) is 0 Å². The van der Waals surface area contributed by atoms with Gasteiger partial charge in [-0.2, -0.15) is 0 Å². The van der Waals surface area contributed by atoms with Crippen LogP contribution in [-0.4, -0.2) is 6.36 Å². The molecule has 2 nitrogen and oxygen atoms in total. The number of unbranched alkanes of at least 4 members (excludes halogenated alkanes) is 1. The van der Waals surface area contributed by atoms with E-state index in [0.717, 1.165) is 37.0 Å². The van der Waals surface area contributed by atoms with E-state index < -0.39 is 35.3 Å². The second-order valence-electron chi connectivity index (χ2n) is 10.5. The average molecular weight is 528 g/mol. The number of hydrogen-bond donors (Lipinski definition) is 0. The number of benzene rings is 2. The average Bonchev–Trinajstić information content (AvgIpc) is 2.86. The molecule has 2 aliphatic carbocycles. The summed E-state index contributed by atoms with van der Waals surface area (Å²) in [6.07, 6.45) is 7.06. The topological polar surface area (TPSA) is 18.5 Å². The van der Waals surface area contributed by atoms with Gasteiger partial charge in [-0.25, -0.2) is 13.2 Å². The second-order valence-corrected chi connectivity index (χ2v) is 10.5. The van der Waals surface area contributed by atoms with Crippen molar-refractivity contribution in [2.45, 2.75) is 89.8 Å². The van der Waals surface area contributed by atoms with Crippen LogP contribution in [0.3, 0.4) is 0 Å². The SMILES string of the molecule is CCCC[C@H]1CC[C@H](C2CCC(c3c(F)c[c]c(Oc4ccc(OC(F)(F)F)c(F)c4)c3F)CC2)CC1. The minimum atomic E-state index is -5.05. The molecule has 0 saturated heterocycles. The van der Waals surface area contributed by atoms with E-state index >= 15 is 4.39 Å². The third-order valence-corrected chi connectivity index (χ3v) is 8.08. The molecule has 1 radical (unpaired) electrons. The van der Waals surface area contributed by atoms with Crippen molar-refractivity contribution in [3.63, 3.8) is 0 Å². The Morgan fingerprint density at radius 1 is 0.892 bits per heavy atom. The first-order valence-corrected chi connectivity index (χ1v) is 13.3. The van der Waals surface area contributed by atoms with E-state index in [1.807, 2.05) is 0 Å². The maximum absolute atomic E-state index is 15.3. The Bertz CT molecular complexity index is 1040. The van der Waals surface area contributed by atoms with Crippen molar-refractivity contribution in [2.75, 3.05) is 0 Å². The van der Waals surface area contributed by atoms with Crippen molar-refractivity contribution >= 4 is 0 Å². The fourth-order valence-corrected chi connectivity index (χ4v) is 6.14. The maximum Gasteiger partial charge on any atom is 0.573 e. The maximum atomic E-state index is 15.3. The molecule has 2 saturated carbocycles. The fourth-order valence-electron chi connectivity index (χ4n) is 6.14. The van der Waals surface area contributed by atoms with Crippen LogP contribution in [0, 0.1) is 41.3 Å². The van der Waals surface area contributed by atoms with Crippen LogP contribution < -0.4 is 9.47 Å². The van der Waals surface area contributed by atoms with E-state index in [2.05, 4.69) is 17.7 Å². The highest BCUT2D eigenvalue weighted by Crippen LogP contribution is 2.46. The molecule has 0 aliphatic heterocycles. The molecule has 2 aliphatic rings. The molecular weight excluding hydrogens is 494 g/mol. The summed E-state index contributed by atoms with van der Waals surface area (Å²) >= 11 is 0. The molecule has 0 unspecified atom stereocenters. The lowest BCUT2D eigenvalue weighted by molar-refractivity contribution is -0.275. The first-order valence-electron chi connectivity index (χ1n) is 13.3. The lowest BCUT2D eigenvalue weighted by atomic mass is 9.68. The zero-order valence-corrected chi connectivity index (χ0v) is 21.0. The van der Waals surface area contributed by atoms with Crippen molar-refractivity contribution in [2.24, 2.45) is 17.8 Å². The highest BCUT2D eigenvalue weighted by atomic mass is 19.4. The summed E-state index contributed by atoms with van der Waals surface area (Å²) in [7, 11) is 0. The number of hydrogen-bond acceptors (Lipinski definition) is 2. The van der Waals surface area contributed by atoms with Crippen LogP contribution in [0.5, 0.6) is 17.2 Å². The lowest BCUT2D eigenvalue weighted by Gasteiger charge is -2.38. The number of alkyl halides is 3. The van der Waals surface area contributed by atoms with Gasteiger partial charge in [-0.15, -0.1) is 13.2 Å². The smallest absolute Gasteiger partial charge is 0.453 e. The quantitative estimate of drug-likeness (QED) is 0.318. The molecule has 4 rings (SSSR count). The van der Waals surface area contributed by atoms with Crippen molar-refractivity contribution < 1.29 is 35.8 Å². The Labute approximate surface area is 214 Å². The molecule has 37 heavy (non-hydrogen) atoms. The molecule has 2 fully saturated rings. The first-order chi connectivity index (χ1) is 17.6. The van der Waals surface area contributed by atoms with Crippen molar-refractivity contribution in [1.82, 2.24) is 0 Å². The van der Waals surface area contributed by atoms with E-state index in [9.17, 15) is 22.0 Å². The Balaban J connectivity index is 1.38. The molecule has 0 N–H and O–H groups in total. The fraction of sp³-hybridized carbons (Fsp3) is 0.586. The standard InChI is InChI=1S/C29H33F6O2/c1-2-3-4-18-5-7-19(8-6-18)20-9-11-21(12-10-20)27-23(30)14-16-26(28(27)32)36-22-13-15-25(24(31)17-22)37-29(33,34)35/h13-15,17-21H,2-12H2,1H3/t18-,19-,20?,21?. The highest BCUT2D eigenvalue weighted by molar-refractivity contribution is 5.40. The van der Waals surface area contributed by atoms with Gasteiger partial charge in [0.05, 0.1) is 0 Å². The van der Waals surface area contributed by atoms with Gasteiger partial charge >= 0.3 is 6.36 Å². The van der Waals surface area contributed by atoms with Crippen molar-refractivity contribution in [3.8, 4) is 17.2 Å². The van der Waals surface area contributed by atoms with Gasteiger partial charge in [0, 0.05) is 17.7 Å². The largest absolute Gasteiger partial charge is 0.573 e. The van der Waals surface area contributed by atoms with Gasteiger partial charge in [-0.3, -0.25) is 0 Å². The monoisotopic (exact) mass is 527 g/mol. The van der Waals surface area contributed by atoms with E-state index in [1.165, 1.54) is 44.9 Å². The van der Waals surface area contributed by atoms with Gasteiger partial charge in [0.15, 0.2) is 23.1 Å². The van der Waals surface area contributed by atoms with Gasteiger partial charge < -0.3 is 9.47 Å². The summed E-state index contributed by atoms with van der Waals surface area (Å²) < 4.78 is 90.1. The van der Waals surface area contributed by atoms with Crippen molar-refractivity contribution in [3.05, 3.63) is 53.3 Å². The van der Waals surface area contributed by atoms with E-state index in [-0.39, 0.29) is 17.2 Å². The van der Waals surface area contributed by atoms with Crippen LogP contribution in [0.2, 0.25) is 0 Å². The van der Waals surface area contributed by atoms with E-state index in [4.69, 9.17) is 4.74 Å². The van der Waals surface area contributed by atoms with Crippen LogP contribution in [0.15, 0.2) is 24.3 Å². The van der Waals surface area contributed by atoms with Gasteiger partial charge in [0.1, 0.15) is 11.6 Å². The van der Waals surface area contributed by atoms with Crippen LogP contribution in [0.1, 0.15) is 89.0 Å². The normalized spacial score (nSPS) is 24.6. The summed E-state index contributed by atoms with van der Waals surface area (Å²) in [4.78, 5) is 0. The molecule has 2 aromatic carbocycles. The Morgan fingerprint density at radius 3 is 2.14 bits per heavy atom. The Morgan fingerprint density at radius 2 is 1.54 bits per heavy atom. The summed E-state index contributed by atoms with van der Waals surface area (Å²) in [5, 5.41) is 0. The van der Waals surface area contributed by atoms with Gasteiger partial charge in [0.25, 0.3) is 0 Å². The number of halogens is 6. The molecule has 0 amide bonds. The van der Waals surface area contributed by atoms with E-state index in [0.29, 0.717) is 30.7 Å². The van der Waals surface area contributed by atoms with Crippen LogP contribution >= 0.6 is 0 Å². The highest BCUT2D eigenvalue weighted by Gasteiger charge is 2.34. The van der Waals surface area contributed by atoms with Crippen LogP contribution in [-0.2, 0) is 0 Å². The molecule has 2 aromatic rings. The minimum absolute atomic E-state index is 0.0621. The molecule has 8 heteroatoms. The molecule has 0 bridgehead atoms. The molecule has 203 valence electrons. The Kier molecular flexibility index (Phi) is 8.96. The third-order valence-electron chi connectivity index (χ3n) is 8.08. The summed E-state index contributed by atoms with van der Waals surface area (Å²) in [6.45, 7) is 2.23. The third kappa shape index (κ3) is 7.14. The Hall–Kier alpha value is -2.38. The summed E-state index contributed by atoms with van der Waals surface area (Å²) in [5.74, 6) is -2.82. The number of rotatable bonds is 8. The minimum Gasteiger partial charge on any atom is -0.453 e. The summed E-state index contributed by atoms with van der Waals surface area (Å²) in [5.41, 5.74) is -0.0621. The molecule has 0 aromatic heterocycles. The van der Waals surface area contributed by atoms with Crippen LogP contribution in [0.25, 0.3) is 0 Å². The van der Waals surface area contributed by atoms with Crippen LogP contribution in [0.4, 0.5) is 26.3 Å². The zero-order chi connectivity index (χ0) is 26.6. The number of ether oxygens (including phenoxy) is 2. The predicted octanol–water partition coefficient (Wildman–Crippen LogP) is 9.87. The lowest BCUT2D eigenvalue weighted by Crippen LogP contribution is -2.26.